The van der Waals surface area contributed by atoms with Crippen LogP contribution < -0.4 is 10.6 Å². The van der Waals surface area contributed by atoms with Crippen LogP contribution in [0.25, 0.3) is 0 Å². The van der Waals surface area contributed by atoms with E-state index >= 15 is 0 Å². The molecule has 1 aromatic heterocycles. The molecular formula is C14H24N4O. The Labute approximate surface area is 114 Å². The molecule has 2 atom stereocenters. The standard InChI is InChI=1S/C14H24N4O/c1-5-14(7-6-8-15-14)13(19)16-10(2)12-9-18(4)17-11(12)3/h9-10,15H,5-8H2,1-4H3,(H,16,19). The maximum atomic E-state index is 12.5. The second-order valence-corrected chi connectivity index (χ2v) is 5.50. The number of aryl methyl sites for hydroxylation is 2. The van der Waals surface area contributed by atoms with E-state index in [0.717, 1.165) is 37.1 Å². The minimum atomic E-state index is -0.371. The summed E-state index contributed by atoms with van der Waals surface area (Å²) >= 11 is 0. The summed E-state index contributed by atoms with van der Waals surface area (Å²) in [7, 11) is 1.90. The van der Waals surface area contributed by atoms with Gasteiger partial charge in [0.05, 0.1) is 17.3 Å². The number of hydrogen-bond acceptors (Lipinski definition) is 3. The smallest absolute Gasteiger partial charge is 0.240 e. The SMILES string of the molecule is CCC1(C(=O)NC(C)c2cn(C)nc2C)CCCN1. The van der Waals surface area contributed by atoms with E-state index in [1.165, 1.54) is 0 Å². The zero-order valence-electron chi connectivity index (χ0n) is 12.3. The maximum absolute atomic E-state index is 12.5. The minimum absolute atomic E-state index is 0.00738. The second-order valence-electron chi connectivity index (χ2n) is 5.50. The van der Waals surface area contributed by atoms with Crippen molar-refractivity contribution in [2.75, 3.05) is 6.54 Å². The van der Waals surface area contributed by atoms with Gasteiger partial charge >= 0.3 is 0 Å². The van der Waals surface area contributed by atoms with E-state index in [1.54, 1.807) is 4.68 Å². The predicted octanol–water partition coefficient (Wildman–Crippen LogP) is 1.44. The van der Waals surface area contributed by atoms with Gasteiger partial charge in [-0.3, -0.25) is 9.48 Å². The van der Waals surface area contributed by atoms with Gasteiger partial charge in [-0.25, -0.2) is 0 Å². The number of amides is 1. The Balaban J connectivity index is 2.08. The van der Waals surface area contributed by atoms with Crippen molar-refractivity contribution in [1.29, 1.82) is 0 Å². The normalized spacial score (nSPS) is 24.4. The van der Waals surface area contributed by atoms with Gasteiger partial charge < -0.3 is 10.6 Å². The molecule has 2 unspecified atom stereocenters. The molecular weight excluding hydrogens is 240 g/mol. The molecule has 1 fully saturated rings. The Morgan fingerprint density at radius 3 is 2.89 bits per heavy atom. The molecule has 0 aromatic carbocycles. The third-order valence-electron chi connectivity index (χ3n) is 4.15. The van der Waals surface area contributed by atoms with Gasteiger partial charge in [-0.1, -0.05) is 6.92 Å². The van der Waals surface area contributed by atoms with Crippen LogP contribution in [0, 0.1) is 6.92 Å². The molecule has 106 valence electrons. The number of carbonyl (C=O) groups is 1. The average molecular weight is 264 g/mol. The minimum Gasteiger partial charge on any atom is -0.348 e. The highest BCUT2D eigenvalue weighted by Gasteiger charge is 2.39. The number of aromatic nitrogens is 2. The molecule has 0 radical (unpaired) electrons. The van der Waals surface area contributed by atoms with Crippen molar-refractivity contribution in [1.82, 2.24) is 20.4 Å². The lowest BCUT2D eigenvalue weighted by Gasteiger charge is -2.28. The summed E-state index contributed by atoms with van der Waals surface area (Å²) in [5.74, 6) is 0.114. The molecule has 2 heterocycles. The van der Waals surface area contributed by atoms with E-state index in [9.17, 15) is 4.79 Å². The highest BCUT2D eigenvalue weighted by Crippen LogP contribution is 2.25. The number of hydrogen-bond donors (Lipinski definition) is 2. The van der Waals surface area contributed by atoms with Gasteiger partial charge in [0.1, 0.15) is 0 Å². The van der Waals surface area contributed by atoms with Gasteiger partial charge in [0, 0.05) is 18.8 Å². The van der Waals surface area contributed by atoms with Crippen LogP contribution in [0.1, 0.15) is 50.4 Å². The van der Waals surface area contributed by atoms with E-state index in [4.69, 9.17) is 0 Å². The molecule has 0 spiro atoms. The van der Waals surface area contributed by atoms with Crippen molar-refractivity contribution < 1.29 is 4.79 Å². The lowest BCUT2D eigenvalue weighted by atomic mass is 9.92. The Hall–Kier alpha value is -1.36. The van der Waals surface area contributed by atoms with Gasteiger partial charge in [-0.05, 0) is 39.7 Å². The monoisotopic (exact) mass is 264 g/mol. The molecule has 0 saturated carbocycles. The van der Waals surface area contributed by atoms with Gasteiger partial charge in [0.25, 0.3) is 0 Å². The van der Waals surface area contributed by atoms with E-state index < -0.39 is 0 Å². The van der Waals surface area contributed by atoms with Crippen LogP contribution >= 0.6 is 0 Å². The van der Waals surface area contributed by atoms with Gasteiger partial charge in [0.15, 0.2) is 0 Å². The summed E-state index contributed by atoms with van der Waals surface area (Å²) in [5.41, 5.74) is 1.69. The zero-order valence-corrected chi connectivity index (χ0v) is 12.3. The maximum Gasteiger partial charge on any atom is 0.240 e. The van der Waals surface area contributed by atoms with Crippen LogP contribution in [0.3, 0.4) is 0 Å². The van der Waals surface area contributed by atoms with Crippen molar-refractivity contribution in [3.8, 4) is 0 Å². The molecule has 5 nitrogen and oxygen atoms in total. The van der Waals surface area contributed by atoms with Gasteiger partial charge in [-0.15, -0.1) is 0 Å². The first-order valence-corrected chi connectivity index (χ1v) is 7.04. The van der Waals surface area contributed by atoms with Crippen molar-refractivity contribution in [2.24, 2.45) is 7.05 Å². The molecule has 1 saturated heterocycles. The molecule has 2 rings (SSSR count). The number of rotatable bonds is 4. The van der Waals surface area contributed by atoms with Crippen molar-refractivity contribution in [2.45, 2.75) is 51.6 Å². The predicted molar refractivity (Wildman–Crippen MR) is 74.8 cm³/mol. The largest absolute Gasteiger partial charge is 0.348 e. The Kier molecular flexibility index (Phi) is 3.94. The summed E-state index contributed by atoms with van der Waals surface area (Å²) < 4.78 is 1.79. The average Bonchev–Trinajstić information content (AvgIpc) is 2.96. The first-order chi connectivity index (χ1) is 8.98. The topological polar surface area (TPSA) is 59.0 Å². The molecule has 0 aliphatic carbocycles. The molecule has 1 aliphatic heterocycles. The van der Waals surface area contributed by atoms with Crippen LogP contribution in [0.2, 0.25) is 0 Å². The summed E-state index contributed by atoms with van der Waals surface area (Å²) in [6.45, 7) is 6.99. The number of nitrogens with zero attached hydrogens (tertiary/aromatic N) is 2. The fraction of sp³-hybridized carbons (Fsp3) is 0.714. The Bertz CT molecular complexity index is 460. The highest BCUT2D eigenvalue weighted by atomic mass is 16.2. The fourth-order valence-electron chi connectivity index (χ4n) is 2.92. The van der Waals surface area contributed by atoms with Crippen LogP contribution in [-0.2, 0) is 11.8 Å². The first-order valence-electron chi connectivity index (χ1n) is 7.04. The van der Waals surface area contributed by atoms with Crippen molar-refractivity contribution >= 4 is 5.91 Å². The molecule has 1 aromatic rings. The zero-order chi connectivity index (χ0) is 14.0. The summed E-state index contributed by atoms with van der Waals surface area (Å²) in [6.07, 6.45) is 4.80. The quantitative estimate of drug-likeness (QED) is 0.865. The van der Waals surface area contributed by atoms with Crippen molar-refractivity contribution in [3.63, 3.8) is 0 Å². The molecule has 5 heteroatoms. The highest BCUT2D eigenvalue weighted by molar-refractivity contribution is 5.87. The summed E-state index contributed by atoms with van der Waals surface area (Å²) in [6, 6.07) is -0.00738. The fourth-order valence-corrected chi connectivity index (χ4v) is 2.92. The molecule has 1 amide bonds. The first kappa shape index (κ1) is 14.1. The van der Waals surface area contributed by atoms with Gasteiger partial charge in [0.2, 0.25) is 5.91 Å². The Morgan fingerprint density at radius 2 is 2.42 bits per heavy atom. The molecule has 0 bridgehead atoms. The van der Waals surface area contributed by atoms with Crippen LogP contribution in [0.15, 0.2) is 6.20 Å². The van der Waals surface area contributed by atoms with E-state index in [0.29, 0.717) is 0 Å². The molecule has 1 aliphatic rings. The van der Waals surface area contributed by atoms with Crippen LogP contribution in [-0.4, -0.2) is 27.8 Å². The van der Waals surface area contributed by atoms with Gasteiger partial charge in [-0.2, -0.15) is 5.10 Å². The number of nitrogens with one attached hydrogen (secondary N) is 2. The third-order valence-corrected chi connectivity index (χ3v) is 4.15. The molecule has 19 heavy (non-hydrogen) atoms. The van der Waals surface area contributed by atoms with Crippen LogP contribution in [0.5, 0.6) is 0 Å². The second kappa shape index (κ2) is 5.33. The Morgan fingerprint density at radius 1 is 1.68 bits per heavy atom. The number of carbonyl (C=O) groups excluding carboxylic acids is 1. The van der Waals surface area contributed by atoms with E-state index in [2.05, 4.69) is 22.7 Å². The molecule has 2 N–H and O–H groups in total. The van der Waals surface area contributed by atoms with E-state index in [1.807, 2.05) is 27.1 Å². The third kappa shape index (κ3) is 2.66. The van der Waals surface area contributed by atoms with Crippen molar-refractivity contribution in [3.05, 3.63) is 17.5 Å². The van der Waals surface area contributed by atoms with E-state index in [-0.39, 0.29) is 17.5 Å². The summed E-state index contributed by atoms with van der Waals surface area (Å²) in [5, 5.41) is 10.8. The lowest BCUT2D eigenvalue weighted by Crippen LogP contribution is -2.53. The summed E-state index contributed by atoms with van der Waals surface area (Å²) in [4.78, 5) is 12.5. The van der Waals surface area contributed by atoms with Crippen LogP contribution in [0.4, 0.5) is 0 Å². The lowest BCUT2D eigenvalue weighted by molar-refractivity contribution is -0.128.